The van der Waals surface area contributed by atoms with Crippen molar-refractivity contribution in [2.45, 2.75) is 32.5 Å². The number of aromatic hydroxyl groups is 1. The van der Waals surface area contributed by atoms with Gasteiger partial charge in [0.05, 0.1) is 12.1 Å². The summed E-state index contributed by atoms with van der Waals surface area (Å²) in [6.45, 7) is 5.25. The molecule has 29 heavy (non-hydrogen) atoms. The molecule has 2 aromatic rings. The average Bonchev–Trinajstić information content (AvgIpc) is 2.57. The van der Waals surface area contributed by atoms with Crippen LogP contribution < -0.4 is 10.1 Å². The van der Waals surface area contributed by atoms with Gasteiger partial charge in [0.25, 0.3) is 0 Å². The van der Waals surface area contributed by atoms with Crippen molar-refractivity contribution >= 4 is 6.09 Å². The van der Waals surface area contributed by atoms with Crippen LogP contribution in [0.15, 0.2) is 36.4 Å². The quantitative estimate of drug-likeness (QED) is 0.525. The number of carbonyl (C=O) groups excluding carboxylic acids is 1. The van der Waals surface area contributed by atoms with E-state index >= 15 is 0 Å². The summed E-state index contributed by atoms with van der Waals surface area (Å²) in [6, 6.07) is 6.66. The number of hydrogen-bond donors (Lipinski definition) is 2. The minimum Gasteiger partial charge on any atom is -0.504 e. The number of alkyl halides is 3. The maximum absolute atomic E-state index is 14.2. The van der Waals surface area contributed by atoms with Crippen LogP contribution in [0.25, 0.3) is 11.1 Å². The highest BCUT2D eigenvalue weighted by molar-refractivity contribution is 5.69. The number of benzene rings is 2. The number of amides is 1. The van der Waals surface area contributed by atoms with Gasteiger partial charge in [-0.3, -0.25) is 0 Å². The largest absolute Gasteiger partial charge is 0.504 e. The third-order valence-corrected chi connectivity index (χ3v) is 3.60. The van der Waals surface area contributed by atoms with Gasteiger partial charge in [0, 0.05) is 5.56 Å². The Hall–Kier alpha value is -2.97. The molecule has 0 radical (unpaired) electrons. The molecule has 0 unspecified atom stereocenters. The van der Waals surface area contributed by atoms with Crippen molar-refractivity contribution in [3.05, 3.63) is 47.8 Å². The summed E-state index contributed by atoms with van der Waals surface area (Å²) in [5.74, 6) is -1.77. The SMILES string of the molecule is CC(C)(C)OC(=O)NCCOc1ccc(-c2cccc(C(F)(F)F)c2F)cc1O. The molecule has 2 aromatic carbocycles. The number of nitrogens with one attached hydrogen (secondary N) is 1. The van der Waals surface area contributed by atoms with Crippen LogP contribution in [0.3, 0.4) is 0 Å². The number of hydrogen-bond acceptors (Lipinski definition) is 4. The fourth-order valence-corrected chi connectivity index (χ4v) is 2.41. The minimum atomic E-state index is -4.83. The van der Waals surface area contributed by atoms with Gasteiger partial charge in [-0.25, -0.2) is 9.18 Å². The Morgan fingerprint density at radius 3 is 2.41 bits per heavy atom. The Balaban J connectivity index is 2.04. The van der Waals surface area contributed by atoms with E-state index in [1.165, 1.54) is 18.2 Å². The van der Waals surface area contributed by atoms with Gasteiger partial charge in [-0.05, 0) is 44.5 Å². The maximum atomic E-state index is 14.2. The Morgan fingerprint density at radius 2 is 1.83 bits per heavy atom. The molecule has 0 saturated heterocycles. The average molecular weight is 415 g/mol. The number of rotatable bonds is 5. The monoisotopic (exact) mass is 415 g/mol. The smallest absolute Gasteiger partial charge is 0.419 e. The third-order valence-electron chi connectivity index (χ3n) is 3.60. The molecule has 0 aliphatic heterocycles. The number of phenols is 1. The summed E-state index contributed by atoms with van der Waals surface area (Å²) >= 11 is 0. The van der Waals surface area contributed by atoms with Crippen LogP contribution in [-0.4, -0.2) is 30.0 Å². The number of phenolic OH excluding ortho intramolecular Hbond substituents is 1. The number of carbonyl (C=O) groups is 1. The van der Waals surface area contributed by atoms with Crippen molar-refractivity contribution in [1.82, 2.24) is 5.32 Å². The predicted molar refractivity (Wildman–Crippen MR) is 98.2 cm³/mol. The lowest BCUT2D eigenvalue weighted by Gasteiger charge is -2.19. The maximum Gasteiger partial charge on any atom is 0.419 e. The number of alkyl carbamates (subject to hydrolysis) is 1. The van der Waals surface area contributed by atoms with Crippen molar-refractivity contribution in [3.8, 4) is 22.6 Å². The first-order chi connectivity index (χ1) is 13.4. The molecule has 2 rings (SSSR count). The van der Waals surface area contributed by atoms with Crippen LogP contribution in [0.2, 0.25) is 0 Å². The molecular formula is C20H21F4NO4. The fourth-order valence-electron chi connectivity index (χ4n) is 2.41. The van der Waals surface area contributed by atoms with Gasteiger partial charge in [0.2, 0.25) is 0 Å². The number of halogens is 4. The minimum absolute atomic E-state index is 0.00404. The zero-order valence-corrected chi connectivity index (χ0v) is 16.1. The van der Waals surface area contributed by atoms with E-state index < -0.39 is 29.3 Å². The Kier molecular flexibility index (Phi) is 6.61. The summed E-state index contributed by atoms with van der Waals surface area (Å²) in [7, 11) is 0. The molecule has 0 heterocycles. The van der Waals surface area contributed by atoms with Crippen LogP contribution in [0.5, 0.6) is 11.5 Å². The summed E-state index contributed by atoms with van der Waals surface area (Å²) < 4.78 is 63.2. The van der Waals surface area contributed by atoms with Crippen molar-refractivity contribution in [2.24, 2.45) is 0 Å². The summed E-state index contributed by atoms with van der Waals surface area (Å²) in [5, 5.41) is 12.5. The molecule has 0 aromatic heterocycles. The van der Waals surface area contributed by atoms with Gasteiger partial charge >= 0.3 is 12.3 Å². The molecule has 9 heteroatoms. The molecule has 2 N–H and O–H groups in total. The van der Waals surface area contributed by atoms with E-state index in [9.17, 15) is 27.5 Å². The molecule has 0 fully saturated rings. The highest BCUT2D eigenvalue weighted by Crippen LogP contribution is 2.37. The first-order valence-corrected chi connectivity index (χ1v) is 8.67. The second-order valence-electron chi connectivity index (χ2n) is 7.12. The van der Waals surface area contributed by atoms with Crippen molar-refractivity contribution in [2.75, 3.05) is 13.2 Å². The summed E-state index contributed by atoms with van der Waals surface area (Å²) in [5.41, 5.74) is -2.26. The van der Waals surface area contributed by atoms with E-state index in [1.54, 1.807) is 20.8 Å². The first kappa shape index (κ1) is 22.3. The molecule has 0 aliphatic carbocycles. The van der Waals surface area contributed by atoms with Crippen molar-refractivity contribution in [3.63, 3.8) is 0 Å². The molecule has 0 aliphatic rings. The highest BCUT2D eigenvalue weighted by atomic mass is 19.4. The molecule has 0 spiro atoms. The Morgan fingerprint density at radius 1 is 1.14 bits per heavy atom. The van der Waals surface area contributed by atoms with E-state index in [2.05, 4.69) is 5.32 Å². The van der Waals surface area contributed by atoms with Crippen LogP contribution in [-0.2, 0) is 10.9 Å². The van der Waals surface area contributed by atoms with Crippen LogP contribution in [0, 0.1) is 5.82 Å². The highest BCUT2D eigenvalue weighted by Gasteiger charge is 2.35. The molecule has 1 amide bonds. The van der Waals surface area contributed by atoms with E-state index in [0.29, 0.717) is 6.07 Å². The van der Waals surface area contributed by atoms with Crippen LogP contribution in [0.4, 0.5) is 22.4 Å². The van der Waals surface area contributed by atoms with Gasteiger partial charge in [0.1, 0.15) is 18.0 Å². The zero-order chi connectivity index (χ0) is 21.8. The lowest BCUT2D eigenvalue weighted by Crippen LogP contribution is -2.34. The first-order valence-electron chi connectivity index (χ1n) is 8.67. The molecule has 5 nitrogen and oxygen atoms in total. The summed E-state index contributed by atoms with van der Waals surface area (Å²) in [4.78, 5) is 11.5. The Bertz CT molecular complexity index is 876. The topological polar surface area (TPSA) is 67.8 Å². The van der Waals surface area contributed by atoms with E-state index in [0.717, 1.165) is 12.1 Å². The standard InChI is InChI=1S/C20H21F4NO4/c1-19(2,3)29-18(27)25-9-10-28-16-8-7-12(11-15(16)26)13-5-4-6-14(17(13)21)20(22,23)24/h4-8,11,26H,9-10H2,1-3H3,(H,25,27). The number of ether oxygens (including phenoxy) is 2. The lowest BCUT2D eigenvalue weighted by molar-refractivity contribution is -0.139. The van der Waals surface area contributed by atoms with E-state index in [1.807, 2.05) is 0 Å². The van der Waals surface area contributed by atoms with Gasteiger partial charge < -0.3 is 19.9 Å². The van der Waals surface area contributed by atoms with Crippen LogP contribution in [0.1, 0.15) is 26.3 Å². The zero-order valence-electron chi connectivity index (χ0n) is 16.1. The second kappa shape index (κ2) is 8.59. The molecule has 0 atom stereocenters. The van der Waals surface area contributed by atoms with Crippen molar-refractivity contribution in [1.29, 1.82) is 0 Å². The van der Waals surface area contributed by atoms with Crippen LogP contribution >= 0.6 is 0 Å². The second-order valence-corrected chi connectivity index (χ2v) is 7.12. The summed E-state index contributed by atoms with van der Waals surface area (Å²) in [6.07, 6.45) is -5.45. The normalized spacial score (nSPS) is 11.8. The van der Waals surface area contributed by atoms with E-state index in [4.69, 9.17) is 9.47 Å². The van der Waals surface area contributed by atoms with Gasteiger partial charge in [-0.15, -0.1) is 0 Å². The Labute approximate surface area is 165 Å². The molecular weight excluding hydrogens is 394 g/mol. The van der Waals surface area contributed by atoms with Gasteiger partial charge in [-0.2, -0.15) is 13.2 Å². The van der Waals surface area contributed by atoms with Gasteiger partial charge in [0.15, 0.2) is 11.5 Å². The van der Waals surface area contributed by atoms with Gasteiger partial charge in [-0.1, -0.05) is 18.2 Å². The molecule has 0 saturated carbocycles. The van der Waals surface area contributed by atoms with Crippen molar-refractivity contribution < 1.29 is 36.9 Å². The molecule has 158 valence electrons. The lowest BCUT2D eigenvalue weighted by atomic mass is 10.0. The predicted octanol–water partition coefficient (Wildman–Crippen LogP) is 5.12. The van der Waals surface area contributed by atoms with E-state index in [-0.39, 0.29) is 35.8 Å². The molecule has 0 bridgehead atoms. The fraction of sp³-hybridized carbons (Fsp3) is 0.350. The third kappa shape index (κ3) is 6.27.